The van der Waals surface area contributed by atoms with Crippen molar-refractivity contribution in [3.05, 3.63) is 35.9 Å². The highest BCUT2D eigenvalue weighted by molar-refractivity contribution is 5.18. The first kappa shape index (κ1) is 16.6. The zero-order valence-electron chi connectivity index (χ0n) is 14.9. The Balaban J connectivity index is 1.89. The molecule has 0 unspecified atom stereocenters. The summed E-state index contributed by atoms with van der Waals surface area (Å²) in [7, 11) is 0. The van der Waals surface area contributed by atoms with E-state index in [0.717, 1.165) is 12.5 Å². The van der Waals surface area contributed by atoms with Crippen molar-refractivity contribution in [2.45, 2.75) is 71.4 Å². The Hall–Kier alpha value is -1.30. The lowest BCUT2D eigenvalue weighted by Gasteiger charge is -2.56. The van der Waals surface area contributed by atoms with Crippen molar-refractivity contribution in [3.63, 3.8) is 0 Å². The smallest absolute Gasteiger partial charge is 0.174 e. The lowest BCUT2D eigenvalue weighted by molar-refractivity contribution is -0.215. The predicted molar refractivity (Wildman–Crippen MR) is 94.7 cm³/mol. The van der Waals surface area contributed by atoms with Gasteiger partial charge in [0.05, 0.1) is 6.10 Å². The molecule has 1 aliphatic heterocycles. The molecule has 0 aromatic heterocycles. The van der Waals surface area contributed by atoms with Crippen molar-refractivity contribution in [2.24, 2.45) is 11.8 Å². The minimum Gasteiger partial charge on any atom is -0.348 e. The van der Waals surface area contributed by atoms with E-state index in [1.165, 1.54) is 24.8 Å². The van der Waals surface area contributed by atoms with Gasteiger partial charge in [0.15, 0.2) is 6.23 Å². The largest absolute Gasteiger partial charge is 0.348 e. The van der Waals surface area contributed by atoms with Crippen LogP contribution in [0.15, 0.2) is 30.3 Å². The van der Waals surface area contributed by atoms with Crippen LogP contribution in [-0.2, 0) is 11.3 Å². The van der Waals surface area contributed by atoms with Gasteiger partial charge < -0.3 is 4.74 Å². The first-order valence-corrected chi connectivity index (χ1v) is 8.90. The van der Waals surface area contributed by atoms with Crippen LogP contribution in [0.3, 0.4) is 0 Å². The Kier molecular flexibility index (Phi) is 4.80. The van der Waals surface area contributed by atoms with Crippen molar-refractivity contribution in [2.75, 3.05) is 0 Å². The van der Waals surface area contributed by atoms with Crippen molar-refractivity contribution >= 4 is 0 Å². The Morgan fingerprint density at radius 3 is 2.65 bits per heavy atom. The minimum atomic E-state index is -0.0956. The van der Waals surface area contributed by atoms with Gasteiger partial charge in [-0.2, -0.15) is 0 Å². The lowest BCUT2D eigenvalue weighted by atomic mass is 9.69. The molecule has 3 rings (SSSR count). The normalized spacial score (nSPS) is 33.4. The number of rotatable bonds is 2. The van der Waals surface area contributed by atoms with Crippen molar-refractivity contribution < 1.29 is 4.74 Å². The molecular formula is C21H29NO. The number of hydrogen-bond donors (Lipinski definition) is 0. The summed E-state index contributed by atoms with van der Waals surface area (Å²) in [6.45, 7) is 9.93. The molecule has 1 heterocycles. The predicted octanol–water partition coefficient (Wildman–Crippen LogP) is 4.45. The van der Waals surface area contributed by atoms with Crippen LogP contribution >= 0.6 is 0 Å². The van der Waals surface area contributed by atoms with Crippen molar-refractivity contribution in [1.82, 2.24) is 4.90 Å². The van der Waals surface area contributed by atoms with E-state index in [2.05, 4.69) is 67.8 Å². The second-order valence-electron chi connectivity index (χ2n) is 7.71. The maximum Gasteiger partial charge on any atom is 0.174 e. The Morgan fingerprint density at radius 1 is 1.22 bits per heavy atom. The third-order valence-corrected chi connectivity index (χ3v) is 5.75. The van der Waals surface area contributed by atoms with E-state index in [-0.39, 0.29) is 11.8 Å². The second-order valence-corrected chi connectivity index (χ2v) is 7.71. The molecule has 0 bridgehead atoms. The molecular weight excluding hydrogens is 282 g/mol. The molecule has 1 aromatic rings. The molecule has 2 fully saturated rings. The molecule has 2 aliphatic rings. The van der Waals surface area contributed by atoms with E-state index >= 15 is 0 Å². The molecule has 1 aromatic carbocycles. The summed E-state index contributed by atoms with van der Waals surface area (Å²) in [6, 6.07) is 10.7. The zero-order chi connectivity index (χ0) is 16.4. The monoisotopic (exact) mass is 311 g/mol. The SMILES string of the molecule is CC#C[C@@H]1O[C@@H]2C[C@H](C)CC[C@H]2C(C)(C)N1Cc1ccccc1. The average Bonchev–Trinajstić information content (AvgIpc) is 2.52. The third kappa shape index (κ3) is 3.32. The lowest BCUT2D eigenvalue weighted by Crippen LogP contribution is -2.63. The van der Waals surface area contributed by atoms with Gasteiger partial charge in [0.1, 0.15) is 0 Å². The second kappa shape index (κ2) is 6.67. The van der Waals surface area contributed by atoms with E-state index < -0.39 is 0 Å². The number of fused-ring (bicyclic) bond motifs is 1. The highest BCUT2D eigenvalue weighted by atomic mass is 16.5. The van der Waals surface area contributed by atoms with Crippen LogP contribution in [0.25, 0.3) is 0 Å². The molecule has 0 spiro atoms. The molecule has 23 heavy (non-hydrogen) atoms. The van der Waals surface area contributed by atoms with Crippen LogP contribution in [-0.4, -0.2) is 22.8 Å². The summed E-state index contributed by atoms with van der Waals surface area (Å²) >= 11 is 0. The van der Waals surface area contributed by atoms with Gasteiger partial charge >= 0.3 is 0 Å². The fourth-order valence-corrected chi connectivity index (χ4v) is 4.34. The van der Waals surface area contributed by atoms with E-state index in [9.17, 15) is 0 Å². The molecule has 2 nitrogen and oxygen atoms in total. The maximum absolute atomic E-state index is 6.47. The molecule has 2 heteroatoms. The Labute approximate surface area is 141 Å². The summed E-state index contributed by atoms with van der Waals surface area (Å²) < 4.78 is 6.47. The third-order valence-electron chi connectivity index (χ3n) is 5.75. The number of ether oxygens (including phenoxy) is 1. The van der Waals surface area contributed by atoms with Gasteiger partial charge in [-0.25, -0.2) is 0 Å². The summed E-state index contributed by atoms with van der Waals surface area (Å²) in [4.78, 5) is 2.47. The van der Waals surface area contributed by atoms with E-state index in [0.29, 0.717) is 12.0 Å². The highest BCUT2D eigenvalue weighted by Gasteiger charge is 2.50. The average molecular weight is 311 g/mol. The van der Waals surface area contributed by atoms with Gasteiger partial charge in [-0.3, -0.25) is 4.90 Å². The molecule has 1 aliphatic carbocycles. The number of hydrogen-bond acceptors (Lipinski definition) is 2. The fraction of sp³-hybridized carbons (Fsp3) is 0.619. The first-order chi connectivity index (χ1) is 11.0. The van der Waals surface area contributed by atoms with Gasteiger partial charge in [0.2, 0.25) is 0 Å². The first-order valence-electron chi connectivity index (χ1n) is 8.90. The Bertz CT molecular complexity index is 583. The summed E-state index contributed by atoms with van der Waals surface area (Å²) in [5, 5.41) is 0. The minimum absolute atomic E-state index is 0.0956. The van der Waals surface area contributed by atoms with Crippen molar-refractivity contribution in [3.8, 4) is 11.8 Å². The molecule has 1 saturated heterocycles. The molecule has 0 radical (unpaired) electrons. The fourth-order valence-electron chi connectivity index (χ4n) is 4.34. The van der Waals surface area contributed by atoms with Crippen LogP contribution in [0.1, 0.15) is 52.5 Å². The molecule has 1 saturated carbocycles. The van der Waals surface area contributed by atoms with Gasteiger partial charge in [-0.15, -0.1) is 5.92 Å². The molecule has 4 atom stereocenters. The molecule has 124 valence electrons. The van der Waals surface area contributed by atoms with Crippen LogP contribution in [0.4, 0.5) is 0 Å². The van der Waals surface area contributed by atoms with E-state index in [4.69, 9.17) is 4.74 Å². The van der Waals surface area contributed by atoms with Crippen LogP contribution in [0.2, 0.25) is 0 Å². The van der Waals surface area contributed by atoms with E-state index in [1.54, 1.807) is 0 Å². The zero-order valence-corrected chi connectivity index (χ0v) is 14.9. The number of nitrogens with zero attached hydrogens (tertiary/aromatic N) is 1. The van der Waals surface area contributed by atoms with Crippen LogP contribution < -0.4 is 0 Å². The molecule has 0 N–H and O–H groups in total. The quantitative estimate of drug-likeness (QED) is 0.748. The summed E-state index contributed by atoms with van der Waals surface area (Å²) in [6.07, 6.45) is 4.01. The maximum atomic E-state index is 6.47. The summed E-state index contributed by atoms with van der Waals surface area (Å²) in [5.41, 5.74) is 1.43. The van der Waals surface area contributed by atoms with Gasteiger partial charge in [-0.05, 0) is 45.1 Å². The van der Waals surface area contributed by atoms with E-state index in [1.807, 2.05) is 6.92 Å². The van der Waals surface area contributed by atoms with Gasteiger partial charge in [-0.1, -0.05) is 49.6 Å². The van der Waals surface area contributed by atoms with Crippen LogP contribution in [0, 0.1) is 23.7 Å². The van der Waals surface area contributed by atoms with Gasteiger partial charge in [0, 0.05) is 18.0 Å². The summed E-state index contributed by atoms with van der Waals surface area (Å²) in [5.74, 6) is 7.75. The number of benzene rings is 1. The van der Waals surface area contributed by atoms with Crippen molar-refractivity contribution in [1.29, 1.82) is 0 Å². The Morgan fingerprint density at radius 2 is 1.96 bits per heavy atom. The highest BCUT2D eigenvalue weighted by Crippen LogP contribution is 2.45. The standard InChI is InChI=1S/C21H29NO/c1-5-9-20-22(15-17-10-7-6-8-11-17)21(3,4)18-13-12-16(2)14-19(18)23-20/h6-8,10-11,16,18-20H,12-15H2,1-4H3/t16-,18-,19-,20+/m1/s1. The van der Waals surface area contributed by atoms with Crippen LogP contribution in [0.5, 0.6) is 0 Å². The topological polar surface area (TPSA) is 12.5 Å². The van der Waals surface area contributed by atoms with Gasteiger partial charge in [0.25, 0.3) is 0 Å². The molecule has 0 amide bonds.